The molecule has 1 heterocycles. The number of hydrogen-bond acceptors (Lipinski definition) is 4. The summed E-state index contributed by atoms with van der Waals surface area (Å²) >= 11 is 4.89. The van der Waals surface area contributed by atoms with E-state index < -0.39 is 12.1 Å². The molecular formula is C17H22BrNO3S. The summed E-state index contributed by atoms with van der Waals surface area (Å²) in [4.78, 5) is 24.9. The van der Waals surface area contributed by atoms with Crippen LogP contribution in [-0.4, -0.2) is 24.0 Å². The lowest BCUT2D eigenvalue weighted by atomic mass is 10.1. The Morgan fingerprint density at radius 1 is 1.30 bits per heavy atom. The van der Waals surface area contributed by atoms with Crippen LogP contribution < -0.4 is 5.32 Å². The Balaban J connectivity index is 1.77. The number of carbonyl (C=O) groups is 2. The lowest BCUT2D eigenvalue weighted by Crippen LogP contribution is -2.41. The molecule has 0 aliphatic heterocycles. The summed E-state index contributed by atoms with van der Waals surface area (Å²) in [5.74, 6) is -0.712. The van der Waals surface area contributed by atoms with E-state index >= 15 is 0 Å². The topological polar surface area (TPSA) is 55.4 Å². The summed E-state index contributed by atoms with van der Waals surface area (Å²) in [7, 11) is 0. The minimum absolute atomic E-state index is 0.211. The monoisotopic (exact) mass is 399 g/mol. The van der Waals surface area contributed by atoms with Crippen LogP contribution in [0.3, 0.4) is 0 Å². The fourth-order valence-corrected chi connectivity index (χ4v) is 3.90. The van der Waals surface area contributed by atoms with E-state index in [0.717, 1.165) is 34.3 Å². The van der Waals surface area contributed by atoms with Gasteiger partial charge in [0.15, 0.2) is 6.10 Å². The van der Waals surface area contributed by atoms with Crippen molar-refractivity contribution >= 4 is 45.2 Å². The minimum Gasteiger partial charge on any atom is -0.449 e. The minimum atomic E-state index is -0.773. The molecule has 0 radical (unpaired) electrons. The molecule has 126 valence electrons. The molecule has 1 fully saturated rings. The first-order valence-corrected chi connectivity index (χ1v) is 9.60. The van der Waals surface area contributed by atoms with Crippen molar-refractivity contribution in [1.29, 1.82) is 0 Å². The molecule has 0 unspecified atom stereocenters. The van der Waals surface area contributed by atoms with Gasteiger partial charge in [0.05, 0.1) is 3.79 Å². The van der Waals surface area contributed by atoms with Crippen LogP contribution in [0.4, 0.5) is 0 Å². The van der Waals surface area contributed by atoms with Gasteiger partial charge in [-0.25, -0.2) is 4.79 Å². The number of thiophene rings is 1. The van der Waals surface area contributed by atoms with Crippen molar-refractivity contribution in [3.63, 3.8) is 0 Å². The number of nitrogens with one attached hydrogen (secondary N) is 1. The third-order valence-corrected chi connectivity index (χ3v) is 5.43. The maximum Gasteiger partial charge on any atom is 0.331 e. The van der Waals surface area contributed by atoms with Gasteiger partial charge in [0, 0.05) is 17.0 Å². The highest BCUT2D eigenvalue weighted by Crippen LogP contribution is 2.23. The number of carbonyl (C=O) groups excluding carboxylic acids is 2. The lowest BCUT2D eigenvalue weighted by Gasteiger charge is -2.19. The molecule has 0 aromatic carbocycles. The fraction of sp³-hybridized carbons (Fsp3) is 0.529. The van der Waals surface area contributed by atoms with Gasteiger partial charge in [-0.3, -0.25) is 4.79 Å². The second-order valence-corrected chi connectivity index (χ2v) is 8.25. The Morgan fingerprint density at radius 2 is 2.00 bits per heavy atom. The highest BCUT2D eigenvalue weighted by Gasteiger charge is 2.21. The number of hydrogen-bond donors (Lipinski definition) is 1. The van der Waals surface area contributed by atoms with Gasteiger partial charge in [0.1, 0.15) is 0 Å². The molecule has 1 amide bonds. The van der Waals surface area contributed by atoms with E-state index in [9.17, 15) is 9.59 Å². The van der Waals surface area contributed by atoms with Gasteiger partial charge in [0.25, 0.3) is 5.91 Å². The van der Waals surface area contributed by atoms with E-state index in [0.29, 0.717) is 0 Å². The van der Waals surface area contributed by atoms with Gasteiger partial charge in [0.2, 0.25) is 0 Å². The number of esters is 1. The summed E-state index contributed by atoms with van der Waals surface area (Å²) < 4.78 is 6.17. The molecule has 1 aromatic rings. The second-order valence-electron chi connectivity index (χ2n) is 5.75. The predicted molar refractivity (Wildman–Crippen MR) is 96.2 cm³/mol. The van der Waals surface area contributed by atoms with E-state index in [1.165, 1.54) is 30.3 Å². The van der Waals surface area contributed by atoms with Gasteiger partial charge in [-0.05, 0) is 53.9 Å². The number of halogens is 1. The van der Waals surface area contributed by atoms with E-state index in [1.807, 2.05) is 12.1 Å². The average molecular weight is 400 g/mol. The molecule has 1 saturated carbocycles. The van der Waals surface area contributed by atoms with Gasteiger partial charge < -0.3 is 10.1 Å². The van der Waals surface area contributed by atoms with Gasteiger partial charge >= 0.3 is 5.97 Å². The normalized spacial score (nSPS) is 17.7. The molecule has 1 aliphatic rings. The van der Waals surface area contributed by atoms with Crippen LogP contribution >= 0.6 is 27.3 Å². The van der Waals surface area contributed by atoms with Crippen molar-refractivity contribution in [2.24, 2.45) is 0 Å². The van der Waals surface area contributed by atoms with E-state index in [1.54, 1.807) is 13.0 Å². The van der Waals surface area contributed by atoms with Crippen LogP contribution in [-0.2, 0) is 14.3 Å². The largest absolute Gasteiger partial charge is 0.449 e. The summed E-state index contributed by atoms with van der Waals surface area (Å²) in [5.41, 5.74) is 0. The molecule has 23 heavy (non-hydrogen) atoms. The van der Waals surface area contributed by atoms with Crippen molar-refractivity contribution in [2.45, 2.75) is 57.6 Å². The van der Waals surface area contributed by atoms with Crippen LogP contribution in [0.5, 0.6) is 0 Å². The molecule has 1 N–H and O–H groups in total. The van der Waals surface area contributed by atoms with E-state index in [4.69, 9.17) is 4.74 Å². The van der Waals surface area contributed by atoms with Crippen molar-refractivity contribution in [3.8, 4) is 0 Å². The van der Waals surface area contributed by atoms with Crippen molar-refractivity contribution in [1.82, 2.24) is 5.32 Å². The highest BCUT2D eigenvalue weighted by atomic mass is 79.9. The second kappa shape index (κ2) is 9.23. The summed E-state index contributed by atoms with van der Waals surface area (Å²) in [6, 6.07) is 4.03. The van der Waals surface area contributed by atoms with Crippen LogP contribution in [0.1, 0.15) is 50.3 Å². The average Bonchev–Trinajstić information content (AvgIpc) is 2.77. The smallest absolute Gasteiger partial charge is 0.331 e. The lowest BCUT2D eigenvalue weighted by molar-refractivity contribution is -0.150. The molecule has 4 nitrogen and oxygen atoms in total. The Labute approximate surface area is 149 Å². The van der Waals surface area contributed by atoms with Crippen LogP contribution in [0.15, 0.2) is 22.0 Å². The molecular weight excluding hydrogens is 378 g/mol. The predicted octanol–water partition coefficient (Wildman–Crippen LogP) is 4.29. The first kappa shape index (κ1) is 18.2. The summed E-state index contributed by atoms with van der Waals surface area (Å²) in [6.07, 6.45) is 9.07. The molecule has 1 aromatic heterocycles. The molecule has 0 spiro atoms. The van der Waals surface area contributed by atoms with E-state index in [2.05, 4.69) is 21.2 Å². The maximum atomic E-state index is 12.1. The van der Waals surface area contributed by atoms with Gasteiger partial charge in [-0.2, -0.15) is 0 Å². The molecule has 1 aliphatic carbocycles. The third-order valence-electron chi connectivity index (χ3n) is 3.84. The quantitative estimate of drug-likeness (QED) is 0.456. The molecule has 1 atom stereocenters. The number of amides is 1. The van der Waals surface area contributed by atoms with E-state index in [-0.39, 0.29) is 11.9 Å². The molecule has 0 saturated heterocycles. The standard InChI is InChI=1S/C17H22BrNO3S/c1-12(17(21)19-13-6-4-2-3-5-7-13)22-16(20)11-9-14-8-10-15(18)23-14/h8-13H,2-7H2,1H3,(H,19,21)/b11-9+/t12-/m1/s1. The number of ether oxygens (including phenoxy) is 1. The Hall–Kier alpha value is -1.14. The first-order chi connectivity index (χ1) is 11.0. The van der Waals surface area contributed by atoms with Crippen molar-refractivity contribution < 1.29 is 14.3 Å². The Morgan fingerprint density at radius 3 is 2.61 bits per heavy atom. The zero-order chi connectivity index (χ0) is 16.7. The fourth-order valence-electron chi connectivity index (χ4n) is 2.58. The molecule has 2 rings (SSSR count). The molecule has 6 heteroatoms. The Bertz CT molecular complexity index is 562. The van der Waals surface area contributed by atoms with Crippen molar-refractivity contribution in [2.75, 3.05) is 0 Å². The van der Waals surface area contributed by atoms with Crippen LogP contribution in [0.25, 0.3) is 6.08 Å². The first-order valence-electron chi connectivity index (χ1n) is 7.99. The van der Waals surface area contributed by atoms with Gasteiger partial charge in [-0.15, -0.1) is 11.3 Å². The van der Waals surface area contributed by atoms with Crippen LogP contribution in [0.2, 0.25) is 0 Å². The highest BCUT2D eigenvalue weighted by molar-refractivity contribution is 9.11. The Kier molecular flexibility index (Phi) is 7.30. The number of rotatable bonds is 5. The summed E-state index contributed by atoms with van der Waals surface area (Å²) in [6.45, 7) is 1.61. The van der Waals surface area contributed by atoms with Crippen LogP contribution in [0, 0.1) is 0 Å². The zero-order valence-corrected chi connectivity index (χ0v) is 15.6. The third kappa shape index (κ3) is 6.47. The van der Waals surface area contributed by atoms with Crippen molar-refractivity contribution in [3.05, 3.63) is 26.9 Å². The molecule has 0 bridgehead atoms. The zero-order valence-electron chi connectivity index (χ0n) is 13.2. The SMILES string of the molecule is C[C@@H](OC(=O)/C=C/c1ccc(Br)s1)C(=O)NC1CCCCCC1. The van der Waals surface area contributed by atoms with Gasteiger partial charge in [-0.1, -0.05) is 25.7 Å². The maximum absolute atomic E-state index is 12.1. The summed E-state index contributed by atoms with van der Waals surface area (Å²) in [5, 5.41) is 3.00.